The number of carbonyl (C=O) groups is 1. The molecule has 3 rings (SSSR count). The van der Waals surface area contributed by atoms with Crippen LogP contribution in [0, 0.1) is 6.92 Å². The number of aromatic nitrogens is 3. The number of aryl methyl sites for hydroxylation is 1. The highest BCUT2D eigenvalue weighted by Gasteiger charge is 2.22. The second kappa shape index (κ2) is 7.88. The summed E-state index contributed by atoms with van der Waals surface area (Å²) in [7, 11) is 0. The topological polar surface area (TPSA) is 89.0 Å². The van der Waals surface area contributed by atoms with Gasteiger partial charge in [0.1, 0.15) is 0 Å². The lowest BCUT2D eigenvalue weighted by molar-refractivity contribution is -0.115. The minimum Gasteiger partial charge on any atom is -0.376 e. The molecule has 1 aliphatic heterocycles. The number of hydrogen-bond donors (Lipinski definition) is 2. The molecule has 0 saturated carbocycles. The number of nitrogens with one attached hydrogen (secondary N) is 2. The lowest BCUT2D eigenvalue weighted by atomic mass is 10.2. The van der Waals surface area contributed by atoms with E-state index in [0.29, 0.717) is 11.7 Å². The van der Waals surface area contributed by atoms with Crippen molar-refractivity contribution >= 4 is 23.4 Å². The normalized spacial score (nSPS) is 18.2. The molecule has 0 radical (unpaired) electrons. The largest absolute Gasteiger partial charge is 0.376 e. The van der Waals surface area contributed by atoms with Crippen molar-refractivity contribution in [1.29, 1.82) is 0 Å². The van der Waals surface area contributed by atoms with Crippen molar-refractivity contribution in [3.8, 4) is 0 Å². The number of rotatable bonds is 6. The highest BCUT2D eigenvalue weighted by Crippen LogP contribution is 2.23. The summed E-state index contributed by atoms with van der Waals surface area (Å²) in [5.41, 5.74) is 1.61. The van der Waals surface area contributed by atoms with Gasteiger partial charge in [-0.15, -0.1) is 5.10 Å². The fourth-order valence-corrected chi connectivity index (χ4v) is 3.50. The Morgan fingerprint density at radius 2 is 2.24 bits per heavy atom. The van der Waals surface area contributed by atoms with Crippen molar-refractivity contribution in [2.75, 3.05) is 11.9 Å². The number of thioether (sulfide) groups is 1. The van der Waals surface area contributed by atoms with Crippen molar-refractivity contribution < 1.29 is 9.53 Å². The molecule has 25 heavy (non-hydrogen) atoms. The maximum atomic E-state index is 12.4. The second-order valence-corrected chi connectivity index (χ2v) is 7.48. The van der Waals surface area contributed by atoms with Crippen LogP contribution in [0.1, 0.15) is 25.3 Å². The number of amides is 1. The van der Waals surface area contributed by atoms with Crippen LogP contribution >= 0.6 is 11.8 Å². The molecule has 2 atom stereocenters. The summed E-state index contributed by atoms with van der Waals surface area (Å²) >= 11 is 1.26. The first-order valence-electron chi connectivity index (χ1n) is 8.34. The Bertz CT molecular complexity index is 778. The van der Waals surface area contributed by atoms with Crippen LogP contribution in [0.5, 0.6) is 0 Å². The number of carbonyl (C=O) groups excluding carboxylic acids is 1. The third kappa shape index (κ3) is 4.52. The molecular formula is C17H22N4O3S. The van der Waals surface area contributed by atoms with E-state index in [-0.39, 0.29) is 23.0 Å². The van der Waals surface area contributed by atoms with Crippen LogP contribution in [0.3, 0.4) is 0 Å². The van der Waals surface area contributed by atoms with Gasteiger partial charge in [-0.3, -0.25) is 9.36 Å². The van der Waals surface area contributed by atoms with Crippen LogP contribution in [0.4, 0.5) is 5.69 Å². The Labute approximate surface area is 150 Å². The van der Waals surface area contributed by atoms with Gasteiger partial charge in [0.15, 0.2) is 5.16 Å². The fourth-order valence-electron chi connectivity index (χ4n) is 2.64. The van der Waals surface area contributed by atoms with Gasteiger partial charge < -0.3 is 10.1 Å². The molecule has 2 unspecified atom stereocenters. The molecule has 0 spiro atoms. The Balaban J connectivity index is 1.63. The third-order valence-corrected chi connectivity index (χ3v) is 5.19. The van der Waals surface area contributed by atoms with Crippen molar-refractivity contribution in [2.45, 2.75) is 49.7 Å². The molecule has 1 aliphatic rings. The SMILES string of the molecule is Cc1ccc(NC(=O)C(C)Sc2n[nH]c(=O)n2CC2CCCO2)cc1. The first kappa shape index (κ1) is 17.8. The molecule has 1 saturated heterocycles. The van der Waals surface area contributed by atoms with Crippen LogP contribution in [0.15, 0.2) is 34.2 Å². The van der Waals surface area contributed by atoms with Gasteiger partial charge in [0.25, 0.3) is 0 Å². The molecule has 2 N–H and O–H groups in total. The van der Waals surface area contributed by atoms with E-state index < -0.39 is 0 Å². The van der Waals surface area contributed by atoms with Crippen LogP contribution in [-0.2, 0) is 16.1 Å². The first-order valence-corrected chi connectivity index (χ1v) is 9.22. The van der Waals surface area contributed by atoms with E-state index in [4.69, 9.17) is 4.74 Å². The van der Waals surface area contributed by atoms with Crippen molar-refractivity contribution in [1.82, 2.24) is 14.8 Å². The van der Waals surface area contributed by atoms with Gasteiger partial charge in [-0.25, -0.2) is 9.89 Å². The van der Waals surface area contributed by atoms with Crippen molar-refractivity contribution in [3.63, 3.8) is 0 Å². The Morgan fingerprint density at radius 3 is 2.92 bits per heavy atom. The number of hydrogen-bond acceptors (Lipinski definition) is 5. The van der Waals surface area contributed by atoms with E-state index in [2.05, 4.69) is 15.5 Å². The molecule has 0 aliphatic carbocycles. The van der Waals surface area contributed by atoms with E-state index in [9.17, 15) is 9.59 Å². The van der Waals surface area contributed by atoms with Gasteiger partial charge in [-0.2, -0.15) is 0 Å². The zero-order valence-electron chi connectivity index (χ0n) is 14.3. The highest BCUT2D eigenvalue weighted by atomic mass is 32.2. The lowest BCUT2D eigenvalue weighted by Gasteiger charge is -2.14. The summed E-state index contributed by atoms with van der Waals surface area (Å²) in [5.74, 6) is -0.132. The minimum atomic E-state index is -0.389. The van der Waals surface area contributed by atoms with Crippen LogP contribution in [0.2, 0.25) is 0 Å². The zero-order chi connectivity index (χ0) is 17.8. The fraction of sp³-hybridized carbons (Fsp3) is 0.471. The van der Waals surface area contributed by atoms with E-state index in [0.717, 1.165) is 30.7 Å². The van der Waals surface area contributed by atoms with Gasteiger partial charge in [0.2, 0.25) is 5.91 Å². The minimum absolute atomic E-state index is 0.0336. The number of aromatic amines is 1. The van der Waals surface area contributed by atoms with Crippen molar-refractivity contribution in [3.05, 3.63) is 40.3 Å². The van der Waals surface area contributed by atoms with E-state index in [1.165, 1.54) is 11.8 Å². The standard InChI is InChI=1S/C17H22N4O3S/c1-11-5-7-13(8-6-11)18-15(22)12(2)25-17-20-19-16(23)21(17)10-14-4-3-9-24-14/h5-8,12,14H,3-4,9-10H2,1-2H3,(H,18,22)(H,19,23). The Kier molecular flexibility index (Phi) is 5.60. The number of H-pyrrole nitrogens is 1. The number of anilines is 1. The van der Waals surface area contributed by atoms with E-state index in [1.54, 1.807) is 11.5 Å². The molecule has 8 heteroatoms. The van der Waals surface area contributed by atoms with Crippen molar-refractivity contribution in [2.24, 2.45) is 0 Å². The Hall–Kier alpha value is -2.06. The number of nitrogens with zero attached hydrogens (tertiary/aromatic N) is 2. The predicted molar refractivity (Wildman–Crippen MR) is 96.9 cm³/mol. The molecule has 2 heterocycles. The summed E-state index contributed by atoms with van der Waals surface area (Å²) in [6.45, 7) is 4.98. The molecule has 1 aromatic heterocycles. The van der Waals surface area contributed by atoms with Crippen LogP contribution in [-0.4, -0.2) is 38.6 Å². The Morgan fingerprint density at radius 1 is 1.48 bits per heavy atom. The molecule has 7 nitrogen and oxygen atoms in total. The van der Waals surface area contributed by atoms with E-state index >= 15 is 0 Å². The summed E-state index contributed by atoms with van der Waals surface area (Å²) in [5, 5.41) is 9.51. The lowest BCUT2D eigenvalue weighted by Crippen LogP contribution is -2.26. The maximum Gasteiger partial charge on any atom is 0.344 e. The zero-order valence-corrected chi connectivity index (χ0v) is 15.1. The smallest absolute Gasteiger partial charge is 0.344 e. The quantitative estimate of drug-likeness (QED) is 0.769. The molecule has 1 fully saturated rings. The second-order valence-electron chi connectivity index (χ2n) is 6.17. The average molecular weight is 362 g/mol. The number of ether oxygens (including phenoxy) is 1. The molecule has 134 valence electrons. The van der Waals surface area contributed by atoms with E-state index in [1.807, 2.05) is 31.2 Å². The summed E-state index contributed by atoms with van der Waals surface area (Å²) < 4.78 is 7.14. The maximum absolute atomic E-state index is 12.4. The van der Waals surface area contributed by atoms with Crippen LogP contribution in [0.25, 0.3) is 0 Å². The molecule has 1 aromatic carbocycles. The summed E-state index contributed by atoms with van der Waals surface area (Å²) in [6, 6.07) is 7.62. The van der Waals surface area contributed by atoms with Gasteiger partial charge in [-0.05, 0) is 38.8 Å². The van der Waals surface area contributed by atoms with Gasteiger partial charge in [0.05, 0.1) is 17.9 Å². The molecule has 0 bridgehead atoms. The van der Waals surface area contributed by atoms with Gasteiger partial charge in [0, 0.05) is 12.3 Å². The summed E-state index contributed by atoms with van der Waals surface area (Å²) in [6.07, 6.45) is 1.98. The van der Waals surface area contributed by atoms with Gasteiger partial charge in [-0.1, -0.05) is 29.5 Å². The highest BCUT2D eigenvalue weighted by molar-refractivity contribution is 8.00. The van der Waals surface area contributed by atoms with Gasteiger partial charge >= 0.3 is 5.69 Å². The average Bonchev–Trinajstić information content (AvgIpc) is 3.22. The molecule has 1 amide bonds. The first-order chi connectivity index (χ1) is 12.0. The predicted octanol–water partition coefficient (Wildman–Crippen LogP) is 2.18. The summed E-state index contributed by atoms with van der Waals surface area (Å²) in [4.78, 5) is 24.4. The van der Waals surface area contributed by atoms with Crippen LogP contribution < -0.4 is 11.0 Å². The number of benzene rings is 1. The molecular weight excluding hydrogens is 340 g/mol. The third-order valence-electron chi connectivity index (χ3n) is 4.10. The monoisotopic (exact) mass is 362 g/mol. The molecule has 2 aromatic rings.